The first-order valence-corrected chi connectivity index (χ1v) is 7.76. The number of rotatable bonds is 5. The second-order valence-electron chi connectivity index (χ2n) is 3.98. The monoisotopic (exact) mass is 393 g/mol. The van der Waals surface area contributed by atoms with E-state index in [1.807, 2.05) is 24.3 Å². The van der Waals surface area contributed by atoms with Crippen molar-refractivity contribution in [1.29, 1.82) is 0 Å². The molecule has 1 N–H and O–H groups in total. The summed E-state index contributed by atoms with van der Waals surface area (Å²) >= 11 is 21.2. The Bertz CT molecular complexity index is 590. The maximum atomic E-state index is 6.07. The molecule has 2 aromatic rings. The summed E-state index contributed by atoms with van der Waals surface area (Å²) in [5.41, 5.74) is 0.984. The van der Waals surface area contributed by atoms with Gasteiger partial charge in [-0.25, -0.2) is 0 Å². The minimum absolute atomic E-state index is 0.473. The Balaban J connectivity index is 1.84. The lowest BCUT2D eigenvalue weighted by atomic mass is 10.3. The van der Waals surface area contributed by atoms with E-state index in [2.05, 4.69) is 21.2 Å². The number of benzene rings is 2. The van der Waals surface area contributed by atoms with E-state index in [-0.39, 0.29) is 0 Å². The van der Waals surface area contributed by atoms with Gasteiger partial charge in [0, 0.05) is 27.8 Å². The highest BCUT2D eigenvalue weighted by molar-refractivity contribution is 9.10. The van der Waals surface area contributed by atoms with E-state index in [9.17, 15) is 0 Å². The minimum Gasteiger partial charge on any atom is -0.490 e. The van der Waals surface area contributed by atoms with Gasteiger partial charge in [-0.3, -0.25) is 0 Å². The van der Waals surface area contributed by atoms with Gasteiger partial charge in [0.2, 0.25) is 0 Å². The lowest BCUT2D eigenvalue weighted by Gasteiger charge is -2.11. The quantitative estimate of drug-likeness (QED) is 0.503. The predicted octanol–water partition coefficient (Wildman–Crippen LogP) is 5.90. The van der Waals surface area contributed by atoms with Crippen LogP contribution in [0.25, 0.3) is 0 Å². The van der Waals surface area contributed by atoms with Gasteiger partial charge in [-0.15, -0.1) is 0 Å². The molecule has 0 radical (unpaired) electrons. The third-order valence-electron chi connectivity index (χ3n) is 2.51. The summed E-state index contributed by atoms with van der Waals surface area (Å²) in [4.78, 5) is 0. The van der Waals surface area contributed by atoms with Crippen molar-refractivity contribution in [1.82, 2.24) is 0 Å². The molecule has 0 atom stereocenters. The van der Waals surface area contributed by atoms with Crippen LogP contribution in [-0.4, -0.2) is 13.2 Å². The van der Waals surface area contributed by atoms with Crippen LogP contribution < -0.4 is 10.1 Å². The van der Waals surface area contributed by atoms with Crippen molar-refractivity contribution in [2.45, 2.75) is 0 Å². The number of hydrogen-bond acceptors (Lipinski definition) is 2. The van der Waals surface area contributed by atoms with Crippen molar-refractivity contribution < 1.29 is 4.74 Å². The van der Waals surface area contributed by atoms with Crippen molar-refractivity contribution in [3.05, 3.63) is 55.9 Å². The third kappa shape index (κ3) is 4.45. The molecule has 0 aliphatic carbocycles. The Morgan fingerprint density at radius 3 is 2.40 bits per heavy atom. The number of nitrogens with one attached hydrogen (secondary N) is 1. The normalized spacial score (nSPS) is 10.4. The van der Waals surface area contributed by atoms with Crippen LogP contribution in [0.5, 0.6) is 5.75 Å². The van der Waals surface area contributed by atoms with Crippen LogP contribution in [0.3, 0.4) is 0 Å². The Morgan fingerprint density at radius 1 is 1.00 bits per heavy atom. The Kier molecular flexibility index (Phi) is 5.85. The lowest BCUT2D eigenvalue weighted by Crippen LogP contribution is -2.11. The molecule has 0 saturated heterocycles. The van der Waals surface area contributed by atoms with Gasteiger partial charge in [0.05, 0.1) is 10.0 Å². The van der Waals surface area contributed by atoms with Gasteiger partial charge in [0.15, 0.2) is 0 Å². The van der Waals surface area contributed by atoms with E-state index in [0.717, 1.165) is 10.2 Å². The first kappa shape index (κ1) is 15.8. The molecular weight excluding hydrogens is 384 g/mol. The Labute approximate surface area is 141 Å². The topological polar surface area (TPSA) is 21.3 Å². The summed E-state index contributed by atoms with van der Waals surface area (Å²) < 4.78 is 6.34. The van der Waals surface area contributed by atoms with Crippen molar-refractivity contribution in [3.8, 4) is 5.75 Å². The van der Waals surface area contributed by atoms with Crippen LogP contribution in [0.4, 0.5) is 5.69 Å². The molecule has 0 unspecified atom stereocenters. The molecule has 2 aromatic carbocycles. The van der Waals surface area contributed by atoms with Gasteiger partial charge in [0.25, 0.3) is 0 Å². The van der Waals surface area contributed by atoms with Gasteiger partial charge in [0.1, 0.15) is 12.4 Å². The standard InChI is InChI=1S/C14H11BrCl3NO/c15-11-7-13(18)14(8-12(11)17)20-6-5-19-10-3-1-9(16)2-4-10/h1-4,7-8,19H,5-6H2. The zero-order chi connectivity index (χ0) is 14.5. The van der Waals surface area contributed by atoms with Crippen LogP contribution >= 0.6 is 50.7 Å². The van der Waals surface area contributed by atoms with Gasteiger partial charge in [-0.05, 0) is 46.3 Å². The summed E-state index contributed by atoms with van der Waals surface area (Å²) in [6, 6.07) is 10.9. The molecular formula is C14H11BrCl3NO. The molecule has 0 bridgehead atoms. The van der Waals surface area contributed by atoms with Crippen LogP contribution in [0, 0.1) is 0 Å². The van der Waals surface area contributed by atoms with Crippen molar-refractivity contribution in [3.63, 3.8) is 0 Å². The number of anilines is 1. The molecule has 106 valence electrons. The highest BCUT2D eigenvalue weighted by atomic mass is 79.9. The lowest BCUT2D eigenvalue weighted by molar-refractivity contribution is 0.333. The molecule has 0 fully saturated rings. The summed E-state index contributed by atoms with van der Waals surface area (Å²) in [6.45, 7) is 1.12. The van der Waals surface area contributed by atoms with Gasteiger partial charge in [-0.1, -0.05) is 34.8 Å². The summed E-state index contributed by atoms with van der Waals surface area (Å²) in [5.74, 6) is 0.567. The van der Waals surface area contributed by atoms with E-state index in [0.29, 0.717) is 34.0 Å². The average Bonchev–Trinajstić information content (AvgIpc) is 2.42. The van der Waals surface area contributed by atoms with E-state index < -0.39 is 0 Å². The fraction of sp³-hybridized carbons (Fsp3) is 0.143. The molecule has 2 rings (SSSR count). The third-order valence-corrected chi connectivity index (χ3v) is 4.25. The van der Waals surface area contributed by atoms with Crippen LogP contribution in [-0.2, 0) is 0 Å². The van der Waals surface area contributed by atoms with E-state index in [4.69, 9.17) is 39.5 Å². The van der Waals surface area contributed by atoms with Gasteiger partial charge < -0.3 is 10.1 Å². The molecule has 0 saturated carbocycles. The van der Waals surface area contributed by atoms with E-state index in [1.165, 1.54) is 0 Å². The second-order valence-corrected chi connectivity index (χ2v) is 6.08. The zero-order valence-electron chi connectivity index (χ0n) is 10.3. The van der Waals surface area contributed by atoms with Gasteiger partial charge >= 0.3 is 0 Å². The number of halogens is 4. The maximum Gasteiger partial charge on any atom is 0.139 e. The molecule has 0 aliphatic heterocycles. The molecule has 0 spiro atoms. The fourth-order valence-electron chi connectivity index (χ4n) is 1.54. The summed E-state index contributed by atoms with van der Waals surface area (Å²) in [6.07, 6.45) is 0. The molecule has 0 aromatic heterocycles. The average molecular weight is 396 g/mol. The maximum absolute atomic E-state index is 6.07. The van der Waals surface area contributed by atoms with Crippen molar-refractivity contribution in [2.75, 3.05) is 18.5 Å². The Hall–Kier alpha value is -0.610. The highest BCUT2D eigenvalue weighted by Gasteiger charge is 2.06. The molecule has 20 heavy (non-hydrogen) atoms. The van der Waals surface area contributed by atoms with Crippen LogP contribution in [0.1, 0.15) is 0 Å². The van der Waals surface area contributed by atoms with Crippen molar-refractivity contribution in [2.24, 2.45) is 0 Å². The molecule has 0 aliphatic rings. The molecule has 0 heterocycles. The minimum atomic E-state index is 0.473. The predicted molar refractivity (Wildman–Crippen MR) is 89.6 cm³/mol. The highest BCUT2D eigenvalue weighted by Crippen LogP contribution is 2.33. The fourth-order valence-corrected chi connectivity index (χ4v) is 2.51. The first-order chi connectivity index (χ1) is 9.56. The smallest absolute Gasteiger partial charge is 0.139 e. The van der Waals surface area contributed by atoms with E-state index in [1.54, 1.807) is 12.1 Å². The van der Waals surface area contributed by atoms with Crippen molar-refractivity contribution >= 4 is 56.4 Å². The summed E-state index contributed by atoms with van der Waals surface area (Å²) in [7, 11) is 0. The number of hydrogen-bond donors (Lipinski definition) is 1. The largest absolute Gasteiger partial charge is 0.490 e. The van der Waals surface area contributed by atoms with Gasteiger partial charge in [-0.2, -0.15) is 0 Å². The molecule has 0 amide bonds. The zero-order valence-corrected chi connectivity index (χ0v) is 14.2. The Morgan fingerprint density at radius 2 is 1.70 bits per heavy atom. The first-order valence-electron chi connectivity index (χ1n) is 5.83. The van der Waals surface area contributed by atoms with Crippen LogP contribution in [0.15, 0.2) is 40.9 Å². The second kappa shape index (κ2) is 7.41. The summed E-state index contributed by atoms with van der Waals surface area (Å²) in [5, 5.41) is 5.02. The molecule has 2 nitrogen and oxygen atoms in total. The molecule has 6 heteroatoms. The van der Waals surface area contributed by atoms with Crippen LogP contribution in [0.2, 0.25) is 15.1 Å². The van der Waals surface area contributed by atoms with E-state index >= 15 is 0 Å². The number of ether oxygens (including phenoxy) is 1. The SMILES string of the molecule is Clc1ccc(NCCOc2cc(Cl)c(Br)cc2Cl)cc1.